The molecular weight excluding hydrogens is 264 g/mol. The summed E-state index contributed by atoms with van der Waals surface area (Å²) >= 11 is 0. The molecule has 1 saturated carbocycles. The van der Waals surface area contributed by atoms with Crippen LogP contribution in [0.2, 0.25) is 0 Å². The molecule has 1 fully saturated rings. The van der Waals surface area contributed by atoms with Gasteiger partial charge in [0, 0.05) is 18.2 Å². The number of furan rings is 1. The number of carbonyl (C=O) groups is 1. The van der Waals surface area contributed by atoms with Gasteiger partial charge in [0.05, 0.1) is 12.8 Å². The molecule has 0 saturated heterocycles. The molecule has 1 aliphatic carbocycles. The van der Waals surface area contributed by atoms with Crippen LogP contribution in [0.15, 0.2) is 47.1 Å². The lowest BCUT2D eigenvalue weighted by atomic mass is 10.1. The average Bonchev–Trinajstić information content (AvgIpc) is 3.04. The highest BCUT2D eigenvalue weighted by Gasteiger charge is 2.38. The Hall–Kier alpha value is -2.23. The van der Waals surface area contributed by atoms with Crippen molar-refractivity contribution in [2.24, 2.45) is 0 Å². The molecule has 4 nitrogen and oxygen atoms in total. The SMILES string of the molecule is O=C(C1Cc2ccccc2N1)N(Cc1ccco1)C1CC1. The molecule has 1 aliphatic heterocycles. The Morgan fingerprint density at radius 2 is 2.10 bits per heavy atom. The second-order valence-electron chi connectivity index (χ2n) is 5.83. The molecule has 1 amide bonds. The van der Waals surface area contributed by atoms with Gasteiger partial charge >= 0.3 is 0 Å². The van der Waals surface area contributed by atoms with E-state index in [2.05, 4.69) is 11.4 Å². The van der Waals surface area contributed by atoms with Gasteiger partial charge in [0.25, 0.3) is 0 Å². The summed E-state index contributed by atoms with van der Waals surface area (Å²) in [7, 11) is 0. The molecule has 1 unspecified atom stereocenters. The van der Waals surface area contributed by atoms with Crippen LogP contribution < -0.4 is 5.32 Å². The van der Waals surface area contributed by atoms with Gasteiger partial charge in [-0.15, -0.1) is 0 Å². The second kappa shape index (κ2) is 4.95. The third kappa shape index (κ3) is 2.42. The van der Waals surface area contributed by atoms with E-state index in [1.807, 2.05) is 35.2 Å². The molecule has 2 aromatic rings. The smallest absolute Gasteiger partial charge is 0.246 e. The van der Waals surface area contributed by atoms with Crippen LogP contribution in [-0.4, -0.2) is 22.9 Å². The summed E-state index contributed by atoms with van der Waals surface area (Å²) in [5, 5.41) is 3.36. The van der Waals surface area contributed by atoms with E-state index < -0.39 is 0 Å². The minimum atomic E-state index is -0.141. The predicted molar refractivity (Wildman–Crippen MR) is 79.8 cm³/mol. The van der Waals surface area contributed by atoms with Crippen LogP contribution in [0.4, 0.5) is 5.69 Å². The summed E-state index contributed by atoms with van der Waals surface area (Å²) in [5.41, 5.74) is 2.31. The number of rotatable bonds is 4. The van der Waals surface area contributed by atoms with E-state index in [4.69, 9.17) is 4.42 Å². The third-order valence-electron chi connectivity index (χ3n) is 4.25. The number of hydrogen-bond acceptors (Lipinski definition) is 3. The number of fused-ring (bicyclic) bond motifs is 1. The minimum Gasteiger partial charge on any atom is -0.467 e. The highest BCUT2D eigenvalue weighted by Crippen LogP contribution is 2.32. The number of nitrogens with one attached hydrogen (secondary N) is 1. The molecule has 21 heavy (non-hydrogen) atoms. The molecule has 2 heterocycles. The van der Waals surface area contributed by atoms with Gasteiger partial charge < -0.3 is 14.6 Å². The number of amides is 1. The Morgan fingerprint density at radius 3 is 2.81 bits per heavy atom. The molecule has 0 bridgehead atoms. The molecule has 4 rings (SSSR count). The maximum Gasteiger partial charge on any atom is 0.246 e. The molecule has 4 heteroatoms. The van der Waals surface area contributed by atoms with Crippen molar-refractivity contribution in [1.29, 1.82) is 0 Å². The number of benzene rings is 1. The van der Waals surface area contributed by atoms with Gasteiger partial charge in [-0.05, 0) is 36.6 Å². The predicted octanol–water partition coefficient (Wildman–Crippen LogP) is 2.81. The fourth-order valence-corrected chi connectivity index (χ4v) is 2.99. The summed E-state index contributed by atoms with van der Waals surface area (Å²) in [6.07, 6.45) is 4.64. The van der Waals surface area contributed by atoms with Crippen molar-refractivity contribution >= 4 is 11.6 Å². The van der Waals surface area contributed by atoms with E-state index in [-0.39, 0.29) is 11.9 Å². The van der Waals surface area contributed by atoms with Gasteiger partial charge in [0.15, 0.2) is 0 Å². The van der Waals surface area contributed by atoms with Crippen LogP contribution >= 0.6 is 0 Å². The standard InChI is InChI=1S/C17H18N2O2/c20-17(16-10-12-4-1-2-6-15(12)18-16)19(13-7-8-13)11-14-5-3-9-21-14/h1-6,9,13,16,18H,7-8,10-11H2. The topological polar surface area (TPSA) is 45.5 Å². The van der Waals surface area contributed by atoms with Gasteiger partial charge in [-0.1, -0.05) is 18.2 Å². The summed E-state index contributed by atoms with van der Waals surface area (Å²) in [6.45, 7) is 0.574. The molecule has 0 spiro atoms. The first kappa shape index (κ1) is 12.5. The number of carbonyl (C=O) groups excluding carboxylic acids is 1. The lowest BCUT2D eigenvalue weighted by Gasteiger charge is -2.25. The lowest BCUT2D eigenvalue weighted by molar-refractivity contribution is -0.133. The second-order valence-corrected chi connectivity index (χ2v) is 5.83. The number of hydrogen-bond donors (Lipinski definition) is 1. The first-order valence-electron chi connectivity index (χ1n) is 7.48. The number of nitrogens with zero attached hydrogens (tertiary/aromatic N) is 1. The van der Waals surface area contributed by atoms with E-state index in [0.717, 1.165) is 30.7 Å². The fourth-order valence-electron chi connectivity index (χ4n) is 2.99. The van der Waals surface area contributed by atoms with Crippen LogP contribution in [0.3, 0.4) is 0 Å². The van der Waals surface area contributed by atoms with Gasteiger partial charge in [0.1, 0.15) is 11.8 Å². The normalized spacial score (nSPS) is 19.9. The monoisotopic (exact) mass is 282 g/mol. The van der Waals surface area contributed by atoms with E-state index in [1.165, 1.54) is 5.56 Å². The molecule has 1 N–H and O–H groups in total. The molecule has 1 atom stereocenters. The van der Waals surface area contributed by atoms with Crippen molar-refractivity contribution in [3.8, 4) is 0 Å². The molecular formula is C17H18N2O2. The summed E-state index contributed by atoms with van der Waals surface area (Å²) < 4.78 is 5.40. The average molecular weight is 282 g/mol. The van der Waals surface area contributed by atoms with Gasteiger partial charge in [-0.25, -0.2) is 0 Å². The maximum absolute atomic E-state index is 12.8. The van der Waals surface area contributed by atoms with Crippen LogP contribution in [0.1, 0.15) is 24.2 Å². The molecule has 1 aromatic carbocycles. The highest BCUT2D eigenvalue weighted by molar-refractivity contribution is 5.87. The summed E-state index contributed by atoms with van der Waals surface area (Å²) in [6, 6.07) is 12.2. The highest BCUT2D eigenvalue weighted by atomic mass is 16.3. The van der Waals surface area contributed by atoms with Gasteiger partial charge in [0.2, 0.25) is 5.91 Å². The zero-order chi connectivity index (χ0) is 14.2. The van der Waals surface area contributed by atoms with Crippen LogP contribution in [0, 0.1) is 0 Å². The van der Waals surface area contributed by atoms with Crippen molar-refractivity contribution in [3.63, 3.8) is 0 Å². The van der Waals surface area contributed by atoms with Crippen molar-refractivity contribution < 1.29 is 9.21 Å². The minimum absolute atomic E-state index is 0.141. The Kier molecular flexibility index (Phi) is 2.95. The van der Waals surface area contributed by atoms with Crippen molar-refractivity contribution in [3.05, 3.63) is 54.0 Å². The molecule has 2 aliphatic rings. The van der Waals surface area contributed by atoms with Gasteiger partial charge in [-0.2, -0.15) is 0 Å². The lowest BCUT2D eigenvalue weighted by Crippen LogP contribution is -2.42. The Morgan fingerprint density at radius 1 is 1.24 bits per heavy atom. The molecule has 1 aromatic heterocycles. The summed E-state index contributed by atoms with van der Waals surface area (Å²) in [5.74, 6) is 1.04. The first-order chi connectivity index (χ1) is 10.3. The Balaban J connectivity index is 1.50. The molecule has 0 radical (unpaired) electrons. The van der Waals surface area contributed by atoms with E-state index in [9.17, 15) is 4.79 Å². The van der Waals surface area contributed by atoms with Crippen molar-refractivity contribution in [2.45, 2.75) is 37.9 Å². The largest absolute Gasteiger partial charge is 0.467 e. The third-order valence-corrected chi connectivity index (χ3v) is 4.25. The maximum atomic E-state index is 12.8. The van der Waals surface area contributed by atoms with Crippen LogP contribution in [0.5, 0.6) is 0 Å². The quantitative estimate of drug-likeness (QED) is 0.938. The first-order valence-corrected chi connectivity index (χ1v) is 7.48. The Bertz CT molecular complexity index is 622. The van der Waals surface area contributed by atoms with Crippen molar-refractivity contribution in [1.82, 2.24) is 4.90 Å². The summed E-state index contributed by atoms with van der Waals surface area (Å²) in [4.78, 5) is 14.8. The van der Waals surface area contributed by atoms with Crippen LogP contribution in [0.25, 0.3) is 0 Å². The fraction of sp³-hybridized carbons (Fsp3) is 0.353. The number of para-hydroxylation sites is 1. The Labute approximate surface area is 123 Å². The van der Waals surface area contributed by atoms with E-state index >= 15 is 0 Å². The van der Waals surface area contributed by atoms with E-state index in [1.54, 1.807) is 6.26 Å². The van der Waals surface area contributed by atoms with Gasteiger partial charge in [-0.3, -0.25) is 4.79 Å². The zero-order valence-corrected chi connectivity index (χ0v) is 11.8. The zero-order valence-electron chi connectivity index (χ0n) is 11.8. The molecule has 108 valence electrons. The van der Waals surface area contributed by atoms with E-state index in [0.29, 0.717) is 12.6 Å². The van der Waals surface area contributed by atoms with Crippen molar-refractivity contribution in [2.75, 3.05) is 5.32 Å². The van der Waals surface area contributed by atoms with Crippen LogP contribution in [-0.2, 0) is 17.8 Å². The number of anilines is 1.